The molecule has 0 spiro atoms. The lowest BCUT2D eigenvalue weighted by molar-refractivity contribution is -0.361. The van der Waals surface area contributed by atoms with Crippen LogP contribution in [0.5, 0.6) is 0 Å². The Bertz CT molecular complexity index is 564. The lowest BCUT2D eigenvalue weighted by Crippen LogP contribution is -2.54. The molecule has 0 radical (unpaired) electrons. The van der Waals surface area contributed by atoms with Gasteiger partial charge >= 0.3 is 18.0 Å². The Morgan fingerprint density at radius 1 is 1.00 bits per heavy atom. The van der Waals surface area contributed by atoms with Crippen molar-refractivity contribution in [2.45, 2.75) is 63.2 Å². The molecule has 0 aliphatic carbocycles. The molecule has 1 N–H and O–H groups in total. The van der Waals surface area contributed by atoms with Gasteiger partial charge in [0.05, 0.1) is 12.0 Å². The van der Waals surface area contributed by atoms with Gasteiger partial charge in [0.15, 0.2) is 0 Å². The number of rotatable bonds is 6. The van der Waals surface area contributed by atoms with E-state index in [1.807, 2.05) is 0 Å². The van der Waals surface area contributed by atoms with Crippen molar-refractivity contribution in [3.8, 4) is 0 Å². The third kappa shape index (κ3) is 3.84. The SMILES string of the molecule is CCC(C)c1ccccc1C(C)(O)CC(F)(F)C(F)(F)C(F)(F)F. The van der Waals surface area contributed by atoms with E-state index in [4.69, 9.17) is 0 Å². The summed E-state index contributed by atoms with van der Waals surface area (Å²) < 4.78 is 90.3. The zero-order valence-electron chi connectivity index (χ0n) is 13.4. The molecule has 0 saturated carbocycles. The van der Waals surface area contributed by atoms with Gasteiger partial charge in [-0.2, -0.15) is 30.7 Å². The van der Waals surface area contributed by atoms with Crippen molar-refractivity contribution in [3.05, 3.63) is 35.4 Å². The van der Waals surface area contributed by atoms with Crippen LogP contribution in [-0.4, -0.2) is 23.1 Å². The molecule has 0 bridgehead atoms. The van der Waals surface area contributed by atoms with Crippen LogP contribution in [0.25, 0.3) is 0 Å². The Kier molecular flexibility index (Phi) is 5.65. The molecular weight excluding hydrogens is 341 g/mol. The van der Waals surface area contributed by atoms with E-state index < -0.39 is 30.0 Å². The minimum atomic E-state index is -6.41. The van der Waals surface area contributed by atoms with E-state index in [2.05, 4.69) is 0 Å². The molecule has 0 aliphatic heterocycles. The van der Waals surface area contributed by atoms with E-state index >= 15 is 0 Å². The molecular formula is C16H19F7O. The first kappa shape index (κ1) is 20.7. The molecule has 0 fully saturated rings. The summed E-state index contributed by atoms with van der Waals surface area (Å²) in [6.07, 6.45) is -7.90. The molecule has 24 heavy (non-hydrogen) atoms. The maximum Gasteiger partial charge on any atom is 0.459 e. The highest BCUT2D eigenvalue weighted by atomic mass is 19.4. The summed E-state index contributed by atoms with van der Waals surface area (Å²) in [5.41, 5.74) is -2.22. The third-order valence-corrected chi connectivity index (χ3v) is 4.07. The van der Waals surface area contributed by atoms with Crippen molar-refractivity contribution in [1.29, 1.82) is 0 Å². The van der Waals surface area contributed by atoms with Gasteiger partial charge in [0.25, 0.3) is 0 Å². The summed E-state index contributed by atoms with van der Waals surface area (Å²) in [6, 6.07) is 5.75. The van der Waals surface area contributed by atoms with Crippen molar-refractivity contribution in [3.63, 3.8) is 0 Å². The highest BCUT2D eigenvalue weighted by molar-refractivity contribution is 5.34. The first-order chi connectivity index (χ1) is 10.7. The Labute approximate surface area is 135 Å². The minimum absolute atomic E-state index is 0.0861. The first-order valence-electron chi connectivity index (χ1n) is 7.31. The lowest BCUT2D eigenvalue weighted by Gasteiger charge is -2.35. The van der Waals surface area contributed by atoms with Gasteiger partial charge < -0.3 is 5.11 Å². The van der Waals surface area contributed by atoms with Gasteiger partial charge in [0, 0.05) is 0 Å². The molecule has 2 atom stereocenters. The van der Waals surface area contributed by atoms with Crippen LogP contribution in [0.15, 0.2) is 24.3 Å². The molecule has 0 aliphatic rings. The standard InChI is InChI=1S/C16H19F7O/c1-4-10(2)11-7-5-6-8-12(11)13(3,24)9-14(17,18)15(19,20)16(21,22)23/h5-8,10,24H,4,9H2,1-3H3. The van der Waals surface area contributed by atoms with Crippen molar-refractivity contribution in [1.82, 2.24) is 0 Å². The Morgan fingerprint density at radius 2 is 1.50 bits per heavy atom. The van der Waals surface area contributed by atoms with Crippen molar-refractivity contribution >= 4 is 0 Å². The van der Waals surface area contributed by atoms with Crippen molar-refractivity contribution in [2.24, 2.45) is 0 Å². The normalized spacial score (nSPS) is 17.5. The van der Waals surface area contributed by atoms with Crippen LogP contribution in [0.2, 0.25) is 0 Å². The molecule has 0 amide bonds. The van der Waals surface area contributed by atoms with Gasteiger partial charge in [-0.05, 0) is 30.4 Å². The first-order valence-corrected chi connectivity index (χ1v) is 7.31. The molecule has 0 aromatic heterocycles. The second-order valence-electron chi connectivity index (χ2n) is 6.12. The minimum Gasteiger partial charge on any atom is -0.385 e. The summed E-state index contributed by atoms with van der Waals surface area (Å²) in [7, 11) is 0. The van der Waals surface area contributed by atoms with Crippen LogP contribution in [0, 0.1) is 0 Å². The molecule has 1 rings (SSSR count). The molecule has 1 aromatic carbocycles. The number of hydrogen-bond acceptors (Lipinski definition) is 1. The average Bonchev–Trinajstić information content (AvgIpc) is 2.44. The Balaban J connectivity index is 3.28. The maximum absolute atomic E-state index is 13.7. The summed E-state index contributed by atoms with van der Waals surface area (Å²) in [5.74, 6) is -11.9. The number of hydrogen-bond donors (Lipinski definition) is 1. The monoisotopic (exact) mass is 360 g/mol. The van der Waals surface area contributed by atoms with Gasteiger partial charge in [0.2, 0.25) is 0 Å². The van der Waals surface area contributed by atoms with Crippen LogP contribution in [0.1, 0.15) is 50.7 Å². The number of alkyl halides is 7. The molecule has 8 heteroatoms. The van der Waals surface area contributed by atoms with E-state index in [1.54, 1.807) is 19.9 Å². The smallest absolute Gasteiger partial charge is 0.385 e. The fourth-order valence-corrected chi connectivity index (χ4v) is 2.48. The zero-order chi connectivity index (χ0) is 19.0. The Morgan fingerprint density at radius 3 is 1.96 bits per heavy atom. The van der Waals surface area contributed by atoms with Gasteiger partial charge in [-0.15, -0.1) is 0 Å². The van der Waals surface area contributed by atoms with E-state index in [0.717, 1.165) is 6.92 Å². The predicted octanol–water partition coefficient (Wildman–Crippen LogP) is 5.63. The second kappa shape index (κ2) is 6.54. The largest absolute Gasteiger partial charge is 0.459 e. The predicted molar refractivity (Wildman–Crippen MR) is 75.3 cm³/mol. The molecule has 1 nitrogen and oxygen atoms in total. The van der Waals surface area contributed by atoms with E-state index in [0.29, 0.717) is 12.0 Å². The topological polar surface area (TPSA) is 20.2 Å². The lowest BCUT2D eigenvalue weighted by atomic mass is 9.81. The molecule has 2 unspecified atom stereocenters. The molecule has 0 saturated heterocycles. The fourth-order valence-electron chi connectivity index (χ4n) is 2.48. The van der Waals surface area contributed by atoms with Crippen molar-refractivity contribution in [2.75, 3.05) is 0 Å². The van der Waals surface area contributed by atoms with E-state index in [-0.39, 0.29) is 11.5 Å². The van der Waals surface area contributed by atoms with Gasteiger partial charge in [-0.25, -0.2) is 0 Å². The fraction of sp³-hybridized carbons (Fsp3) is 0.625. The highest BCUT2D eigenvalue weighted by Gasteiger charge is 2.73. The average molecular weight is 360 g/mol. The number of benzene rings is 1. The van der Waals surface area contributed by atoms with Gasteiger partial charge in [-0.1, -0.05) is 38.1 Å². The summed E-state index contributed by atoms with van der Waals surface area (Å²) >= 11 is 0. The Hall–Kier alpha value is -1.31. The third-order valence-electron chi connectivity index (χ3n) is 4.07. The maximum atomic E-state index is 13.7. The number of aliphatic hydroxyl groups is 1. The molecule has 138 valence electrons. The number of halogens is 7. The summed E-state index contributed by atoms with van der Waals surface area (Å²) in [4.78, 5) is 0. The van der Waals surface area contributed by atoms with Crippen LogP contribution in [-0.2, 0) is 5.60 Å². The molecule has 0 heterocycles. The van der Waals surface area contributed by atoms with Gasteiger partial charge in [0.1, 0.15) is 0 Å². The molecule has 1 aromatic rings. The van der Waals surface area contributed by atoms with Crippen LogP contribution >= 0.6 is 0 Å². The quantitative estimate of drug-likeness (QED) is 0.652. The summed E-state index contributed by atoms with van der Waals surface area (Å²) in [6.45, 7) is 4.34. The highest BCUT2D eigenvalue weighted by Crippen LogP contribution is 2.51. The van der Waals surface area contributed by atoms with Gasteiger partial charge in [-0.3, -0.25) is 0 Å². The van der Waals surface area contributed by atoms with Crippen LogP contribution < -0.4 is 0 Å². The summed E-state index contributed by atoms with van der Waals surface area (Å²) in [5, 5.41) is 10.3. The van der Waals surface area contributed by atoms with Crippen molar-refractivity contribution < 1.29 is 35.8 Å². The zero-order valence-corrected chi connectivity index (χ0v) is 13.4. The van der Waals surface area contributed by atoms with Crippen LogP contribution in [0.3, 0.4) is 0 Å². The van der Waals surface area contributed by atoms with E-state index in [1.165, 1.54) is 18.2 Å². The van der Waals surface area contributed by atoms with E-state index in [9.17, 15) is 35.8 Å². The van der Waals surface area contributed by atoms with Crippen LogP contribution in [0.4, 0.5) is 30.7 Å². The second-order valence-corrected chi connectivity index (χ2v) is 6.12.